The molecular formula is C14H16KO6V-3. The minimum Gasteiger partial charge on any atom is -0.655 e. The van der Waals surface area contributed by atoms with Gasteiger partial charge >= 0.3 is 51.4 Å². The van der Waals surface area contributed by atoms with Crippen molar-refractivity contribution in [3.63, 3.8) is 0 Å². The van der Waals surface area contributed by atoms with Gasteiger partial charge in [-0.25, -0.2) is 0 Å². The van der Waals surface area contributed by atoms with Crippen molar-refractivity contribution in [3.8, 4) is 0 Å². The van der Waals surface area contributed by atoms with Crippen LogP contribution in [0.3, 0.4) is 0 Å². The third-order valence-electron chi connectivity index (χ3n) is 1.29. The van der Waals surface area contributed by atoms with Crippen LogP contribution in [-0.2, 0) is 37.7 Å². The van der Waals surface area contributed by atoms with E-state index in [0.717, 1.165) is 18.6 Å². The Bertz CT molecular complexity index is 405. The van der Waals surface area contributed by atoms with Gasteiger partial charge in [-0.05, 0) is 18.6 Å². The van der Waals surface area contributed by atoms with Gasteiger partial charge in [0, 0.05) is 31.6 Å². The zero-order valence-corrected chi connectivity index (χ0v) is 17.5. The van der Waals surface area contributed by atoms with E-state index in [1.54, 1.807) is 0 Å². The van der Waals surface area contributed by atoms with Crippen molar-refractivity contribution < 1.29 is 99.3 Å². The van der Waals surface area contributed by atoms with E-state index >= 15 is 0 Å². The van der Waals surface area contributed by atoms with Crippen molar-refractivity contribution in [2.24, 2.45) is 0 Å². The Morgan fingerprint density at radius 1 is 1.18 bits per heavy atom. The molecule has 1 rings (SSSR count). The Morgan fingerprint density at radius 2 is 1.55 bits per heavy atom. The van der Waals surface area contributed by atoms with Crippen molar-refractivity contribution in [2.75, 3.05) is 7.11 Å². The monoisotopic (exact) mass is 370 g/mol. The molecule has 0 aliphatic carbocycles. The zero-order chi connectivity index (χ0) is 15.1. The molecule has 0 aromatic heterocycles. The summed E-state index contributed by atoms with van der Waals surface area (Å²) in [5.74, 6) is -2.26. The van der Waals surface area contributed by atoms with Crippen LogP contribution in [0.5, 0.6) is 0 Å². The number of aliphatic carboxylic acids is 2. The number of carbonyl (C=O) groups is 2. The van der Waals surface area contributed by atoms with E-state index < -0.39 is 11.9 Å². The third kappa shape index (κ3) is 36.7. The predicted octanol–water partition coefficient (Wildman–Crippen LogP) is -3.64. The number of hydrogen-bond acceptors (Lipinski definition) is 6. The fraction of sp³-hybridized carbons (Fsp3) is 0.143. The van der Waals surface area contributed by atoms with Crippen molar-refractivity contribution in [1.29, 1.82) is 0 Å². The van der Waals surface area contributed by atoms with Crippen LogP contribution in [0.15, 0.2) is 36.4 Å². The number of hydrogen-bond donors (Lipinski definition) is 0. The summed E-state index contributed by atoms with van der Waals surface area (Å²) < 4.78 is 3.74. The van der Waals surface area contributed by atoms with E-state index in [9.17, 15) is 9.90 Å². The van der Waals surface area contributed by atoms with Crippen molar-refractivity contribution in [1.82, 2.24) is 0 Å². The Balaban J connectivity index is -0.0000000756. The first kappa shape index (κ1) is 33.3. The Kier molecular flexibility index (Phi) is 38.6. The zero-order valence-electron chi connectivity index (χ0n) is 12.9. The molecule has 1 radical (unpaired) electrons. The molecule has 117 valence electrons. The van der Waals surface area contributed by atoms with E-state index in [2.05, 4.69) is 4.74 Å². The number of ether oxygens (including phenoxy) is 1. The molecule has 8 heteroatoms. The maximum absolute atomic E-state index is 9.97. The summed E-state index contributed by atoms with van der Waals surface area (Å²) in [5, 5.41) is 18.9. The molecule has 6 nitrogen and oxygen atoms in total. The van der Waals surface area contributed by atoms with Gasteiger partial charge in [-0.15, -0.1) is 0 Å². The minimum atomic E-state index is -1.17. The second kappa shape index (κ2) is 25.5. The van der Waals surface area contributed by atoms with E-state index in [4.69, 9.17) is 14.7 Å². The number of carbonyl (C=O) groups excluding carboxylic acids is 3. The molecule has 0 unspecified atom stereocenters. The minimum absolute atomic E-state index is 0. The van der Waals surface area contributed by atoms with Gasteiger partial charge in [0.2, 0.25) is 0 Å². The maximum atomic E-state index is 9.97. The number of carboxylic acid groups (broad SMARTS) is 2. The van der Waals surface area contributed by atoms with Crippen LogP contribution in [0.25, 0.3) is 6.08 Å². The molecule has 0 spiro atoms. The Hall–Kier alpha value is -0.409. The van der Waals surface area contributed by atoms with Crippen LogP contribution >= 0.6 is 0 Å². The van der Waals surface area contributed by atoms with Crippen molar-refractivity contribution >= 4 is 24.5 Å². The summed E-state index contributed by atoms with van der Waals surface area (Å²) in [6, 6.07) is 9.19. The van der Waals surface area contributed by atoms with Crippen molar-refractivity contribution in [2.45, 2.75) is 6.92 Å². The first-order valence-corrected chi connectivity index (χ1v) is 4.95. The Labute approximate surface area is 185 Å². The molecule has 0 bridgehead atoms. The summed E-state index contributed by atoms with van der Waals surface area (Å²) in [6.45, 7) is 2.15. The van der Waals surface area contributed by atoms with Crippen LogP contribution < -0.4 is 61.6 Å². The van der Waals surface area contributed by atoms with Crippen LogP contribution in [0.4, 0.5) is 0 Å². The summed E-state index contributed by atoms with van der Waals surface area (Å²) in [7, 11) is 1.26. The topological polar surface area (TPSA) is 107 Å². The normalized spacial score (nSPS) is 7.18. The average molecular weight is 370 g/mol. The second-order valence-electron chi connectivity index (χ2n) is 2.84. The molecule has 0 saturated heterocycles. The van der Waals surface area contributed by atoms with Gasteiger partial charge in [0.05, 0.1) is 5.97 Å². The average Bonchev–Trinajstić information content (AvgIpc) is 2.37. The maximum Gasteiger partial charge on any atom is 1.00 e. The smallest absolute Gasteiger partial charge is 0.655 e. The van der Waals surface area contributed by atoms with Gasteiger partial charge in [0.15, 0.2) is 0 Å². The fourth-order valence-electron chi connectivity index (χ4n) is 0.728. The van der Waals surface area contributed by atoms with Crippen molar-refractivity contribution in [3.05, 3.63) is 49.4 Å². The van der Waals surface area contributed by atoms with E-state index in [0.29, 0.717) is 0 Å². The third-order valence-corrected chi connectivity index (χ3v) is 1.29. The second-order valence-corrected chi connectivity index (χ2v) is 2.84. The van der Waals surface area contributed by atoms with Gasteiger partial charge in [-0.2, -0.15) is 0 Å². The fourth-order valence-corrected chi connectivity index (χ4v) is 0.728. The summed E-state index contributed by atoms with van der Waals surface area (Å²) >= 11 is 0. The molecule has 0 aliphatic heterocycles. The first-order valence-electron chi connectivity index (χ1n) is 4.95. The van der Waals surface area contributed by atoms with Gasteiger partial charge in [0.1, 0.15) is 0 Å². The molecule has 0 amide bonds. The SMILES string of the molecule is CC(=O)[O-].CO[C-]=O.O=C([O-])/C=C/c1ccccc1.[CH3-].[K+].[V]. The summed E-state index contributed by atoms with van der Waals surface area (Å²) in [4.78, 5) is 27.7. The molecule has 0 atom stereocenters. The molecule has 0 N–H and O–H groups in total. The predicted molar refractivity (Wildman–Crippen MR) is 70.3 cm³/mol. The summed E-state index contributed by atoms with van der Waals surface area (Å²) in [6.07, 6.45) is 2.50. The van der Waals surface area contributed by atoms with E-state index in [-0.39, 0.29) is 77.4 Å². The van der Waals surface area contributed by atoms with E-state index in [1.165, 1.54) is 19.7 Å². The molecule has 0 saturated carbocycles. The van der Waals surface area contributed by atoms with Gasteiger partial charge in [-0.3, -0.25) is 0 Å². The molecule has 0 fully saturated rings. The largest absolute Gasteiger partial charge is 1.00 e. The number of methoxy groups -OCH3 is 1. The molecule has 1 aromatic rings. The van der Waals surface area contributed by atoms with Crippen LogP contribution in [0.1, 0.15) is 12.5 Å². The number of rotatable bonds is 3. The van der Waals surface area contributed by atoms with Gasteiger partial charge in [0.25, 0.3) is 0 Å². The molecule has 0 aliphatic rings. The van der Waals surface area contributed by atoms with Crippen LogP contribution in [-0.4, -0.2) is 25.5 Å². The van der Waals surface area contributed by atoms with E-state index in [1.807, 2.05) is 30.3 Å². The summed E-state index contributed by atoms with van der Waals surface area (Å²) in [5.41, 5.74) is 0.858. The van der Waals surface area contributed by atoms with Gasteiger partial charge < -0.3 is 36.8 Å². The van der Waals surface area contributed by atoms with Crippen LogP contribution in [0.2, 0.25) is 0 Å². The Morgan fingerprint density at radius 3 is 1.82 bits per heavy atom. The molecular weight excluding hydrogens is 354 g/mol. The molecule has 0 heterocycles. The standard InChI is InChI=1S/C9H8O2.C2H3O2.C2H4O2.CH3.K.V/c10-9(11)7-6-8-4-2-1-3-5-8;1-4-2-3;1-2(3)4;;;/h1-7H,(H,10,11);1H3;1H3,(H,3,4);1H3;;/q;-1;;-1;+1;/p-2/b7-6+;;;;;. The number of carboxylic acids is 2. The first-order chi connectivity index (χ1) is 8.93. The quantitative estimate of drug-likeness (QED) is 0.309. The van der Waals surface area contributed by atoms with Crippen LogP contribution in [0, 0.1) is 7.43 Å². The number of benzene rings is 1. The molecule has 22 heavy (non-hydrogen) atoms. The molecule has 1 aromatic carbocycles. The van der Waals surface area contributed by atoms with Gasteiger partial charge in [-0.1, -0.05) is 42.9 Å².